The molecule has 0 amide bonds. The van der Waals surface area contributed by atoms with Crippen molar-refractivity contribution in [2.45, 2.75) is 43.1 Å². The van der Waals surface area contributed by atoms with Crippen LogP contribution in [0.2, 0.25) is 0 Å². The van der Waals surface area contributed by atoms with E-state index in [0.29, 0.717) is 19.4 Å². The summed E-state index contributed by atoms with van der Waals surface area (Å²) in [4.78, 5) is 0. The fraction of sp³-hybridized carbons (Fsp3) is 1.00. The number of aliphatic hydroxyl groups excluding tert-OH is 1. The van der Waals surface area contributed by atoms with Crippen molar-refractivity contribution in [3.8, 4) is 0 Å². The maximum absolute atomic E-state index is 11.2. The lowest BCUT2D eigenvalue weighted by Crippen LogP contribution is -2.49. The van der Waals surface area contributed by atoms with Gasteiger partial charge in [-0.3, -0.25) is 4.55 Å². The number of aliphatic hydroxyl groups is 1. The molecule has 0 aromatic carbocycles. The van der Waals surface area contributed by atoms with Crippen LogP contribution in [-0.4, -0.2) is 42.0 Å². The Morgan fingerprint density at radius 1 is 1.20 bits per heavy atom. The molecule has 1 saturated heterocycles. The number of hydrogen-bond acceptors (Lipinski definition) is 3. The van der Waals surface area contributed by atoms with Gasteiger partial charge in [-0.2, -0.15) is 8.42 Å². The highest BCUT2D eigenvalue weighted by Crippen LogP contribution is 2.39. The minimum atomic E-state index is -3.99. The van der Waals surface area contributed by atoms with Crippen LogP contribution in [0, 0.1) is 5.92 Å². The van der Waals surface area contributed by atoms with Gasteiger partial charge in [-0.25, -0.2) is 0 Å². The molecule has 0 bridgehead atoms. The standard InChI is InChI=1S/C9H16NO4S/c11-7-3-4-8(15(12,13)14)6-2-1-5-10-9(6)7/h6-9,11H,1-5H2,(H,12,13,14)/q-1. The zero-order valence-electron chi connectivity index (χ0n) is 8.41. The first kappa shape index (κ1) is 11.3. The van der Waals surface area contributed by atoms with Crippen LogP contribution in [-0.2, 0) is 10.1 Å². The van der Waals surface area contributed by atoms with Crippen LogP contribution in [0.15, 0.2) is 0 Å². The predicted molar refractivity (Wildman–Crippen MR) is 55.3 cm³/mol. The smallest absolute Gasteiger partial charge is 0.267 e. The first-order chi connectivity index (χ1) is 7.00. The van der Waals surface area contributed by atoms with Crippen LogP contribution in [0.25, 0.3) is 5.32 Å². The molecule has 2 rings (SSSR count). The second-order valence-corrected chi connectivity index (χ2v) is 6.04. The molecule has 0 spiro atoms. The summed E-state index contributed by atoms with van der Waals surface area (Å²) in [5, 5.41) is 13.3. The fourth-order valence-electron chi connectivity index (χ4n) is 2.78. The Morgan fingerprint density at radius 3 is 2.60 bits per heavy atom. The van der Waals surface area contributed by atoms with Crippen molar-refractivity contribution in [3.05, 3.63) is 5.32 Å². The van der Waals surface area contributed by atoms with Crippen molar-refractivity contribution in [3.63, 3.8) is 0 Å². The first-order valence-corrected chi connectivity index (χ1v) is 6.81. The molecule has 5 nitrogen and oxygen atoms in total. The molecular formula is C9H16NO4S-. The summed E-state index contributed by atoms with van der Waals surface area (Å²) in [6.45, 7) is 0.691. The predicted octanol–water partition coefficient (Wildman–Crippen LogP) is 0.550. The molecular weight excluding hydrogens is 218 g/mol. The largest absolute Gasteiger partial charge is 0.657 e. The number of piperidine rings is 1. The summed E-state index contributed by atoms with van der Waals surface area (Å²) in [5.74, 6) is -0.197. The van der Waals surface area contributed by atoms with Gasteiger partial charge in [0.05, 0.1) is 5.25 Å². The lowest BCUT2D eigenvalue weighted by molar-refractivity contribution is 0.0787. The molecule has 0 aromatic rings. The summed E-state index contributed by atoms with van der Waals surface area (Å²) < 4.78 is 31.5. The minimum Gasteiger partial charge on any atom is -0.657 e. The van der Waals surface area contributed by atoms with E-state index < -0.39 is 21.5 Å². The van der Waals surface area contributed by atoms with E-state index in [9.17, 15) is 13.5 Å². The highest BCUT2D eigenvalue weighted by Gasteiger charge is 2.40. The van der Waals surface area contributed by atoms with Crippen molar-refractivity contribution in [1.82, 2.24) is 0 Å². The van der Waals surface area contributed by atoms with Gasteiger partial charge in [0.15, 0.2) is 0 Å². The minimum absolute atomic E-state index is 0.197. The van der Waals surface area contributed by atoms with Gasteiger partial charge in [-0.15, -0.1) is 12.6 Å². The first-order valence-electron chi connectivity index (χ1n) is 5.31. The lowest BCUT2D eigenvalue weighted by Gasteiger charge is -2.51. The van der Waals surface area contributed by atoms with E-state index in [1.807, 2.05) is 0 Å². The second kappa shape index (κ2) is 4.01. The Balaban J connectivity index is 2.21. The molecule has 2 N–H and O–H groups in total. The molecule has 15 heavy (non-hydrogen) atoms. The maximum atomic E-state index is 11.2. The van der Waals surface area contributed by atoms with Crippen LogP contribution >= 0.6 is 0 Å². The van der Waals surface area contributed by atoms with E-state index >= 15 is 0 Å². The van der Waals surface area contributed by atoms with Crippen molar-refractivity contribution >= 4 is 10.1 Å². The van der Waals surface area contributed by atoms with Gasteiger partial charge in [-0.05, 0) is 18.8 Å². The molecule has 2 aliphatic rings. The van der Waals surface area contributed by atoms with Crippen LogP contribution < -0.4 is 0 Å². The van der Waals surface area contributed by atoms with Crippen LogP contribution in [0.4, 0.5) is 0 Å². The summed E-state index contributed by atoms with van der Waals surface area (Å²) in [6.07, 6.45) is 1.80. The molecule has 1 aliphatic carbocycles. The summed E-state index contributed by atoms with van der Waals surface area (Å²) >= 11 is 0. The summed E-state index contributed by atoms with van der Waals surface area (Å²) in [7, 11) is -3.99. The molecule has 6 heteroatoms. The molecule has 0 aromatic heterocycles. The molecule has 1 saturated carbocycles. The molecule has 0 radical (unpaired) electrons. The van der Waals surface area contributed by atoms with Gasteiger partial charge < -0.3 is 10.4 Å². The zero-order chi connectivity index (χ0) is 11.1. The maximum Gasteiger partial charge on any atom is 0.267 e. The zero-order valence-corrected chi connectivity index (χ0v) is 9.23. The highest BCUT2D eigenvalue weighted by atomic mass is 32.2. The van der Waals surface area contributed by atoms with Gasteiger partial charge in [0.25, 0.3) is 10.1 Å². The number of rotatable bonds is 1. The van der Waals surface area contributed by atoms with Crippen LogP contribution in [0.1, 0.15) is 25.7 Å². The Bertz CT molecular complexity index is 329. The van der Waals surface area contributed by atoms with Crippen molar-refractivity contribution < 1.29 is 18.1 Å². The van der Waals surface area contributed by atoms with Gasteiger partial charge in [0.2, 0.25) is 0 Å². The van der Waals surface area contributed by atoms with Gasteiger partial charge in [0, 0.05) is 6.10 Å². The SMILES string of the molecule is O=S(=O)(O)C1CCC(O)C2[N-]CCCC21. The summed E-state index contributed by atoms with van der Waals surface area (Å²) in [6, 6.07) is -0.292. The number of nitrogens with zero attached hydrogens (tertiary/aromatic N) is 1. The Labute approximate surface area is 89.6 Å². The van der Waals surface area contributed by atoms with Crippen molar-refractivity contribution in [2.75, 3.05) is 6.54 Å². The Morgan fingerprint density at radius 2 is 1.93 bits per heavy atom. The summed E-state index contributed by atoms with van der Waals surface area (Å²) in [5.41, 5.74) is 0. The van der Waals surface area contributed by atoms with Gasteiger partial charge in [-0.1, -0.05) is 12.8 Å². The van der Waals surface area contributed by atoms with E-state index in [0.717, 1.165) is 12.8 Å². The molecule has 2 fully saturated rings. The average Bonchev–Trinajstić information content (AvgIpc) is 2.17. The Hall–Kier alpha value is -0.170. The Kier molecular flexibility index (Phi) is 3.03. The third-order valence-corrected chi connectivity index (χ3v) is 4.83. The lowest BCUT2D eigenvalue weighted by atomic mass is 9.77. The quantitative estimate of drug-likeness (QED) is 0.648. The van der Waals surface area contributed by atoms with E-state index in [-0.39, 0.29) is 12.0 Å². The normalized spacial score (nSPS) is 42.3. The monoisotopic (exact) mass is 234 g/mol. The number of hydrogen-bond donors (Lipinski definition) is 2. The molecule has 88 valence electrons. The van der Waals surface area contributed by atoms with Crippen LogP contribution in [0.3, 0.4) is 0 Å². The van der Waals surface area contributed by atoms with E-state index in [1.165, 1.54) is 0 Å². The van der Waals surface area contributed by atoms with Crippen LogP contribution in [0.5, 0.6) is 0 Å². The van der Waals surface area contributed by atoms with E-state index in [4.69, 9.17) is 4.55 Å². The van der Waals surface area contributed by atoms with E-state index in [1.54, 1.807) is 0 Å². The molecule has 1 aliphatic heterocycles. The molecule has 4 atom stereocenters. The molecule has 1 heterocycles. The third-order valence-electron chi connectivity index (χ3n) is 3.48. The number of fused-ring (bicyclic) bond motifs is 1. The second-order valence-electron chi connectivity index (χ2n) is 4.40. The van der Waals surface area contributed by atoms with Gasteiger partial charge in [0.1, 0.15) is 0 Å². The van der Waals surface area contributed by atoms with E-state index in [2.05, 4.69) is 5.32 Å². The highest BCUT2D eigenvalue weighted by molar-refractivity contribution is 7.86. The fourth-order valence-corrected chi connectivity index (χ4v) is 3.95. The van der Waals surface area contributed by atoms with Gasteiger partial charge >= 0.3 is 0 Å². The van der Waals surface area contributed by atoms with Crippen molar-refractivity contribution in [2.24, 2.45) is 5.92 Å². The van der Waals surface area contributed by atoms with Crippen molar-refractivity contribution in [1.29, 1.82) is 0 Å². The topological polar surface area (TPSA) is 88.7 Å². The average molecular weight is 234 g/mol. The third kappa shape index (κ3) is 2.18. The molecule has 4 unspecified atom stereocenters.